The molecule has 2 unspecified atom stereocenters. The number of allylic oxidation sites excluding steroid dienone is 1. The molecule has 3 heteroatoms. The van der Waals surface area contributed by atoms with Crippen LogP contribution in [0.1, 0.15) is 51.9 Å². The van der Waals surface area contributed by atoms with Crippen LogP contribution in [0.25, 0.3) is 0 Å². The van der Waals surface area contributed by atoms with Gasteiger partial charge in [-0.05, 0) is 31.6 Å². The maximum Gasteiger partial charge on any atom is 0.220 e. The molecule has 1 amide bonds. The molecular formula is C15H25NO2. The van der Waals surface area contributed by atoms with E-state index in [0.717, 1.165) is 19.3 Å². The first-order valence-corrected chi connectivity index (χ1v) is 7.32. The lowest BCUT2D eigenvalue weighted by atomic mass is 9.74. The van der Waals surface area contributed by atoms with Crippen molar-refractivity contribution in [2.45, 2.75) is 64.1 Å². The van der Waals surface area contributed by atoms with Gasteiger partial charge in [-0.1, -0.05) is 38.3 Å². The second-order valence-corrected chi connectivity index (χ2v) is 5.70. The van der Waals surface area contributed by atoms with Crippen molar-refractivity contribution in [3.63, 3.8) is 0 Å². The fourth-order valence-electron chi connectivity index (χ4n) is 2.69. The van der Waals surface area contributed by atoms with Crippen LogP contribution in [0, 0.1) is 11.8 Å². The second-order valence-electron chi connectivity index (χ2n) is 5.70. The van der Waals surface area contributed by atoms with E-state index in [2.05, 4.69) is 19.1 Å². The molecule has 0 aromatic rings. The molecule has 1 saturated heterocycles. The summed E-state index contributed by atoms with van der Waals surface area (Å²) in [4.78, 5) is 10.9. The molecule has 102 valence electrons. The first-order valence-electron chi connectivity index (χ1n) is 7.32. The summed E-state index contributed by atoms with van der Waals surface area (Å²) >= 11 is 0. The molecule has 2 rings (SSSR count). The molecule has 0 spiro atoms. The van der Waals surface area contributed by atoms with E-state index in [1.807, 2.05) is 0 Å². The third-order valence-corrected chi connectivity index (χ3v) is 4.13. The van der Waals surface area contributed by atoms with Crippen molar-refractivity contribution in [1.82, 2.24) is 0 Å². The Morgan fingerprint density at radius 1 is 1.33 bits per heavy atom. The largest absolute Gasteiger partial charge is 0.369 e. The minimum absolute atomic E-state index is 0.124. The van der Waals surface area contributed by atoms with E-state index in [-0.39, 0.29) is 11.8 Å². The van der Waals surface area contributed by atoms with Gasteiger partial charge >= 0.3 is 0 Å². The summed E-state index contributed by atoms with van der Waals surface area (Å²) in [6.07, 6.45) is 13.5. The standard InChI is InChI=1S/C15H25NO2/c1-2-3-4-7-13-14(18-13)8-5-6-11-9-12(10-11)15(16)17/h5-6,11-14H,2-4,7-10H2,1H3,(H2,16,17)/b6-5+. The minimum Gasteiger partial charge on any atom is -0.369 e. The van der Waals surface area contributed by atoms with E-state index in [4.69, 9.17) is 10.5 Å². The zero-order chi connectivity index (χ0) is 13.0. The lowest BCUT2D eigenvalue weighted by Crippen LogP contribution is -2.34. The van der Waals surface area contributed by atoms with Crippen molar-refractivity contribution in [3.05, 3.63) is 12.2 Å². The highest BCUT2D eigenvalue weighted by Gasteiger charge is 2.37. The Balaban J connectivity index is 1.51. The second kappa shape index (κ2) is 6.37. The third-order valence-electron chi connectivity index (χ3n) is 4.13. The number of carbonyl (C=O) groups excluding carboxylic acids is 1. The van der Waals surface area contributed by atoms with E-state index < -0.39 is 0 Å². The number of hydrogen-bond donors (Lipinski definition) is 1. The smallest absolute Gasteiger partial charge is 0.220 e. The number of ether oxygens (including phenoxy) is 1. The van der Waals surface area contributed by atoms with Gasteiger partial charge in [-0.15, -0.1) is 0 Å². The maximum absolute atomic E-state index is 10.9. The van der Waals surface area contributed by atoms with Crippen LogP contribution in [0.3, 0.4) is 0 Å². The number of primary amides is 1. The number of rotatable bonds is 8. The Morgan fingerprint density at radius 3 is 2.78 bits per heavy atom. The van der Waals surface area contributed by atoms with Crippen molar-refractivity contribution in [1.29, 1.82) is 0 Å². The van der Waals surface area contributed by atoms with E-state index in [1.54, 1.807) is 0 Å². The zero-order valence-corrected chi connectivity index (χ0v) is 11.3. The van der Waals surface area contributed by atoms with Gasteiger partial charge in [-0.3, -0.25) is 4.79 Å². The van der Waals surface area contributed by atoms with Crippen LogP contribution in [-0.4, -0.2) is 18.1 Å². The molecule has 1 aliphatic heterocycles. The Labute approximate surface area is 110 Å². The first-order chi connectivity index (χ1) is 8.70. The van der Waals surface area contributed by atoms with Crippen molar-refractivity contribution in [2.24, 2.45) is 17.6 Å². The molecular weight excluding hydrogens is 226 g/mol. The number of amides is 1. The number of nitrogens with two attached hydrogens (primary N) is 1. The predicted octanol–water partition coefficient (Wildman–Crippen LogP) is 2.79. The van der Waals surface area contributed by atoms with Crippen LogP contribution in [-0.2, 0) is 9.53 Å². The molecule has 1 heterocycles. The Kier molecular flexibility index (Phi) is 4.81. The summed E-state index contributed by atoms with van der Waals surface area (Å²) in [6.45, 7) is 2.23. The molecule has 1 aliphatic carbocycles. The molecule has 2 N–H and O–H groups in total. The van der Waals surface area contributed by atoms with E-state index in [1.165, 1.54) is 25.7 Å². The van der Waals surface area contributed by atoms with Crippen LogP contribution in [0.5, 0.6) is 0 Å². The Hall–Kier alpha value is -0.830. The van der Waals surface area contributed by atoms with Crippen molar-refractivity contribution in [3.8, 4) is 0 Å². The minimum atomic E-state index is -0.138. The predicted molar refractivity (Wildman–Crippen MR) is 72.0 cm³/mol. The van der Waals surface area contributed by atoms with Gasteiger partial charge in [0, 0.05) is 5.92 Å². The molecule has 18 heavy (non-hydrogen) atoms. The topological polar surface area (TPSA) is 55.6 Å². The van der Waals surface area contributed by atoms with Crippen LogP contribution in [0.4, 0.5) is 0 Å². The summed E-state index contributed by atoms with van der Waals surface area (Å²) in [7, 11) is 0. The van der Waals surface area contributed by atoms with Gasteiger partial charge < -0.3 is 10.5 Å². The number of carbonyl (C=O) groups is 1. The molecule has 0 bridgehead atoms. The molecule has 0 aromatic heterocycles. The zero-order valence-electron chi connectivity index (χ0n) is 11.3. The highest BCUT2D eigenvalue weighted by atomic mass is 16.6. The lowest BCUT2D eigenvalue weighted by Gasteiger charge is -2.30. The number of epoxide rings is 1. The van der Waals surface area contributed by atoms with Crippen molar-refractivity contribution < 1.29 is 9.53 Å². The summed E-state index contributed by atoms with van der Waals surface area (Å²) in [6, 6.07) is 0. The van der Waals surface area contributed by atoms with Gasteiger partial charge in [0.05, 0.1) is 12.2 Å². The van der Waals surface area contributed by atoms with Crippen molar-refractivity contribution >= 4 is 5.91 Å². The summed E-state index contributed by atoms with van der Waals surface area (Å²) in [5.74, 6) is 0.555. The lowest BCUT2D eigenvalue weighted by molar-refractivity contribution is -0.125. The molecule has 0 aromatic carbocycles. The average molecular weight is 251 g/mol. The molecule has 2 atom stereocenters. The normalized spacial score (nSPS) is 34.5. The number of unbranched alkanes of at least 4 members (excludes halogenated alkanes) is 2. The third kappa shape index (κ3) is 3.84. The van der Waals surface area contributed by atoms with Crippen LogP contribution in [0.2, 0.25) is 0 Å². The summed E-state index contributed by atoms with van der Waals surface area (Å²) < 4.78 is 5.63. The molecule has 0 radical (unpaired) electrons. The summed E-state index contributed by atoms with van der Waals surface area (Å²) in [5.41, 5.74) is 5.24. The van der Waals surface area contributed by atoms with Gasteiger partial charge in [0.2, 0.25) is 5.91 Å². The van der Waals surface area contributed by atoms with Gasteiger partial charge in [0.25, 0.3) is 0 Å². The van der Waals surface area contributed by atoms with E-state index >= 15 is 0 Å². The van der Waals surface area contributed by atoms with Crippen LogP contribution in [0.15, 0.2) is 12.2 Å². The number of hydrogen-bond acceptors (Lipinski definition) is 2. The first kappa shape index (κ1) is 13.6. The monoisotopic (exact) mass is 251 g/mol. The SMILES string of the molecule is CCCCCC1OC1C/C=C/C1CC(C(N)=O)C1. The van der Waals surface area contributed by atoms with Gasteiger partial charge in [-0.25, -0.2) is 0 Å². The van der Waals surface area contributed by atoms with E-state index in [9.17, 15) is 4.79 Å². The van der Waals surface area contributed by atoms with Gasteiger partial charge in [-0.2, -0.15) is 0 Å². The fraction of sp³-hybridized carbons (Fsp3) is 0.800. The van der Waals surface area contributed by atoms with Crippen LogP contribution < -0.4 is 5.73 Å². The van der Waals surface area contributed by atoms with Gasteiger partial charge in [0.1, 0.15) is 0 Å². The molecule has 2 aliphatic rings. The molecule has 3 nitrogen and oxygen atoms in total. The average Bonchev–Trinajstić information content (AvgIpc) is 3.00. The van der Waals surface area contributed by atoms with Crippen molar-refractivity contribution in [2.75, 3.05) is 0 Å². The maximum atomic E-state index is 10.9. The van der Waals surface area contributed by atoms with E-state index in [0.29, 0.717) is 18.1 Å². The highest BCUT2D eigenvalue weighted by molar-refractivity contribution is 5.77. The fourth-order valence-corrected chi connectivity index (χ4v) is 2.69. The highest BCUT2D eigenvalue weighted by Crippen LogP contribution is 2.35. The quantitative estimate of drug-likeness (QED) is 0.410. The summed E-state index contributed by atoms with van der Waals surface area (Å²) in [5, 5.41) is 0. The van der Waals surface area contributed by atoms with Crippen LogP contribution >= 0.6 is 0 Å². The molecule has 1 saturated carbocycles. The Bertz CT molecular complexity index is 308. The Morgan fingerprint density at radius 2 is 2.11 bits per heavy atom. The van der Waals surface area contributed by atoms with Gasteiger partial charge in [0.15, 0.2) is 0 Å². The molecule has 2 fully saturated rings.